The van der Waals surface area contributed by atoms with Gasteiger partial charge >= 0.3 is 0 Å². The number of carbonyl (C=O) groups is 2. The van der Waals surface area contributed by atoms with E-state index in [2.05, 4.69) is 12.1 Å². The zero-order valence-electron chi connectivity index (χ0n) is 18.7. The zero-order valence-corrected chi connectivity index (χ0v) is 18.7. The van der Waals surface area contributed by atoms with E-state index >= 15 is 0 Å². The second kappa shape index (κ2) is 6.64. The number of hydrogen-bond donors (Lipinski definition) is 1. The van der Waals surface area contributed by atoms with Crippen molar-refractivity contribution in [1.82, 2.24) is 0 Å². The molecule has 1 aliphatic heterocycles. The molecule has 3 atom stereocenters. The summed E-state index contributed by atoms with van der Waals surface area (Å²) in [5, 5.41) is 13.3. The van der Waals surface area contributed by atoms with Crippen molar-refractivity contribution >= 4 is 28.3 Å². The van der Waals surface area contributed by atoms with Crippen molar-refractivity contribution in [3.05, 3.63) is 113 Å². The largest absolute Gasteiger partial charge is 0.392 e. The lowest BCUT2D eigenvalue weighted by Gasteiger charge is -2.55. The van der Waals surface area contributed by atoms with Gasteiger partial charge in [-0.2, -0.15) is 0 Å². The van der Waals surface area contributed by atoms with Gasteiger partial charge in [-0.25, -0.2) is 4.90 Å². The highest BCUT2D eigenvalue weighted by Gasteiger charge is 2.69. The first kappa shape index (κ1) is 19.7. The number of aliphatic hydroxyl groups is 1. The second-order valence-corrected chi connectivity index (χ2v) is 9.71. The van der Waals surface area contributed by atoms with Gasteiger partial charge in [0, 0.05) is 11.3 Å². The molecule has 34 heavy (non-hydrogen) atoms. The summed E-state index contributed by atoms with van der Waals surface area (Å²) in [6.07, 6.45) is -0.854. The van der Waals surface area contributed by atoms with Crippen molar-refractivity contribution < 1.29 is 14.7 Å². The van der Waals surface area contributed by atoms with Gasteiger partial charge in [0.05, 0.1) is 29.0 Å². The molecular weight excluding hydrogens is 422 g/mol. The van der Waals surface area contributed by atoms with Gasteiger partial charge in [0.2, 0.25) is 11.8 Å². The van der Waals surface area contributed by atoms with Crippen molar-refractivity contribution in [2.24, 2.45) is 11.8 Å². The lowest BCUT2D eigenvalue weighted by molar-refractivity contribution is -0.126. The molecule has 1 N–H and O–H groups in total. The number of benzene rings is 4. The molecule has 1 heterocycles. The molecule has 0 spiro atoms. The Morgan fingerprint density at radius 2 is 1.35 bits per heavy atom. The molecule has 1 saturated heterocycles. The van der Waals surface area contributed by atoms with Gasteiger partial charge in [-0.3, -0.25) is 9.59 Å². The number of anilines is 1. The van der Waals surface area contributed by atoms with Crippen LogP contribution in [0.15, 0.2) is 91.0 Å². The number of rotatable bonds is 2. The van der Waals surface area contributed by atoms with Crippen LogP contribution in [0.5, 0.6) is 0 Å². The van der Waals surface area contributed by atoms with Crippen molar-refractivity contribution in [3.8, 4) is 0 Å². The van der Waals surface area contributed by atoms with Gasteiger partial charge in [0.1, 0.15) is 0 Å². The summed E-state index contributed by atoms with van der Waals surface area (Å²) in [6.45, 7) is 1.76. The van der Waals surface area contributed by atoms with E-state index < -0.39 is 23.4 Å². The first-order chi connectivity index (χ1) is 16.6. The Hall–Kier alpha value is -3.76. The summed E-state index contributed by atoms with van der Waals surface area (Å²) in [5.41, 5.74) is 3.68. The minimum atomic E-state index is -0.974. The smallest absolute Gasteiger partial charge is 0.239 e. The number of nitrogens with zero attached hydrogens (tertiary/aromatic N) is 1. The summed E-state index contributed by atoms with van der Waals surface area (Å²) < 4.78 is 0. The first-order valence-corrected chi connectivity index (χ1v) is 11.8. The van der Waals surface area contributed by atoms with E-state index in [1.165, 1.54) is 4.90 Å². The summed E-state index contributed by atoms with van der Waals surface area (Å²) in [5.74, 6) is -1.82. The molecule has 2 bridgehead atoms. The van der Waals surface area contributed by atoms with Crippen LogP contribution in [0.3, 0.4) is 0 Å². The summed E-state index contributed by atoms with van der Waals surface area (Å²) in [7, 11) is 0. The Morgan fingerprint density at radius 3 is 2.03 bits per heavy atom. The fourth-order valence-corrected chi connectivity index (χ4v) is 7.18. The van der Waals surface area contributed by atoms with E-state index in [0.29, 0.717) is 5.69 Å². The molecule has 0 aromatic heterocycles. The molecule has 0 saturated carbocycles. The van der Waals surface area contributed by atoms with Gasteiger partial charge in [-0.1, -0.05) is 84.9 Å². The van der Waals surface area contributed by atoms with Crippen LogP contribution in [-0.2, 0) is 15.0 Å². The fraction of sp³-hybridized carbons (Fsp3) is 0.200. The molecule has 4 heteroatoms. The predicted octanol–water partition coefficient (Wildman–Crippen LogP) is 4.77. The normalized spacial score (nSPS) is 27.5. The number of imide groups is 1. The standard InChI is InChI=1S/C30H23NO3/c1-17(32)30-22-14-6-4-12-20(22)25(21-13-5-7-15-23(21)30)26-27(30)29(34)31(28(26)33)24-16-8-10-18-9-2-3-11-19(18)24/h2-17,25-27,32H,1H3/t17-,25?,26+,27-,30?/m1/s1. The lowest BCUT2D eigenvalue weighted by atomic mass is 9.46. The Kier molecular flexibility index (Phi) is 3.85. The Morgan fingerprint density at radius 1 is 0.765 bits per heavy atom. The van der Waals surface area contributed by atoms with Gasteiger partial charge in [0.25, 0.3) is 0 Å². The van der Waals surface area contributed by atoms with Crippen molar-refractivity contribution in [2.45, 2.75) is 24.4 Å². The first-order valence-electron chi connectivity index (χ1n) is 11.8. The molecule has 4 aromatic rings. The van der Waals surface area contributed by atoms with Crippen LogP contribution in [0.1, 0.15) is 35.1 Å². The molecule has 2 amide bonds. The van der Waals surface area contributed by atoms with Crippen LogP contribution in [0.2, 0.25) is 0 Å². The van der Waals surface area contributed by atoms with E-state index in [0.717, 1.165) is 33.0 Å². The van der Waals surface area contributed by atoms with Crippen LogP contribution >= 0.6 is 0 Å². The summed E-state index contributed by atoms with van der Waals surface area (Å²) >= 11 is 0. The molecule has 8 rings (SSSR count). The van der Waals surface area contributed by atoms with Crippen LogP contribution in [0.4, 0.5) is 5.69 Å². The number of hydrogen-bond acceptors (Lipinski definition) is 3. The second-order valence-electron chi connectivity index (χ2n) is 9.71. The summed E-state index contributed by atoms with van der Waals surface area (Å²) in [6, 6.07) is 29.6. The van der Waals surface area contributed by atoms with Crippen molar-refractivity contribution in [2.75, 3.05) is 4.90 Å². The van der Waals surface area contributed by atoms with Crippen LogP contribution in [-0.4, -0.2) is 23.0 Å². The van der Waals surface area contributed by atoms with Crippen molar-refractivity contribution in [3.63, 3.8) is 0 Å². The van der Waals surface area contributed by atoms with E-state index in [4.69, 9.17) is 0 Å². The third-order valence-corrected chi connectivity index (χ3v) is 8.35. The minimum absolute atomic E-state index is 0.176. The predicted molar refractivity (Wildman–Crippen MR) is 131 cm³/mol. The maximum Gasteiger partial charge on any atom is 0.239 e. The lowest BCUT2D eigenvalue weighted by Crippen LogP contribution is -2.58. The number of amides is 2. The topological polar surface area (TPSA) is 57.6 Å². The Balaban J connectivity index is 1.53. The molecule has 1 fully saturated rings. The highest BCUT2D eigenvalue weighted by Crippen LogP contribution is 2.65. The Labute approximate surface area is 197 Å². The third kappa shape index (κ3) is 2.13. The molecule has 0 radical (unpaired) electrons. The monoisotopic (exact) mass is 445 g/mol. The van der Waals surface area contributed by atoms with Crippen LogP contribution < -0.4 is 4.90 Å². The van der Waals surface area contributed by atoms with Gasteiger partial charge in [-0.15, -0.1) is 0 Å². The molecule has 166 valence electrons. The Bertz CT molecular complexity index is 1470. The number of fused-ring (bicyclic) bond motifs is 1. The van der Waals surface area contributed by atoms with Gasteiger partial charge < -0.3 is 5.11 Å². The summed E-state index contributed by atoms with van der Waals surface area (Å²) in [4.78, 5) is 29.9. The number of carbonyl (C=O) groups excluding carboxylic acids is 2. The van der Waals surface area contributed by atoms with E-state index in [1.54, 1.807) is 6.92 Å². The third-order valence-electron chi connectivity index (χ3n) is 8.35. The molecular formula is C30H23NO3. The van der Waals surface area contributed by atoms with Crippen LogP contribution in [0.25, 0.3) is 10.8 Å². The fourth-order valence-electron chi connectivity index (χ4n) is 7.18. The van der Waals surface area contributed by atoms with Crippen LogP contribution in [0, 0.1) is 11.8 Å². The van der Waals surface area contributed by atoms with E-state index in [1.807, 2.05) is 78.9 Å². The van der Waals surface area contributed by atoms with E-state index in [9.17, 15) is 14.7 Å². The molecule has 4 aliphatic rings. The van der Waals surface area contributed by atoms with Gasteiger partial charge in [0.15, 0.2) is 0 Å². The maximum atomic E-state index is 14.3. The van der Waals surface area contributed by atoms with Crippen molar-refractivity contribution in [1.29, 1.82) is 0 Å². The zero-order chi connectivity index (χ0) is 23.2. The van der Waals surface area contributed by atoms with E-state index in [-0.39, 0.29) is 17.7 Å². The molecule has 4 aromatic carbocycles. The number of aliphatic hydroxyl groups excluding tert-OH is 1. The molecule has 3 aliphatic carbocycles. The quantitative estimate of drug-likeness (QED) is 0.452. The molecule has 0 unspecified atom stereocenters. The van der Waals surface area contributed by atoms with Gasteiger partial charge in [-0.05, 0) is 40.6 Å². The maximum absolute atomic E-state index is 14.3. The average molecular weight is 446 g/mol. The minimum Gasteiger partial charge on any atom is -0.392 e. The highest BCUT2D eigenvalue weighted by molar-refractivity contribution is 6.26. The molecule has 4 nitrogen and oxygen atoms in total. The highest BCUT2D eigenvalue weighted by atomic mass is 16.3. The SMILES string of the molecule is C[C@@H](O)C12c3ccccc3C(c3ccccc31)[C@@H]1C(=O)N(c3cccc4ccccc34)C(=O)[C@@H]12. The average Bonchev–Trinajstić information content (AvgIpc) is 3.14.